The molecule has 0 fully saturated rings. The van der Waals surface area contributed by atoms with Crippen molar-refractivity contribution in [2.45, 2.75) is 17.4 Å². The van der Waals surface area contributed by atoms with Gasteiger partial charge in [0.05, 0.1) is 12.4 Å². The Hall–Kier alpha value is -0.790. The Labute approximate surface area is 94.5 Å². The first-order chi connectivity index (χ1) is 6.42. The molecule has 0 aliphatic rings. The Morgan fingerprint density at radius 2 is 2.07 bits per heavy atom. The number of amides is 1. The van der Waals surface area contributed by atoms with E-state index in [1.165, 1.54) is 6.92 Å². The summed E-state index contributed by atoms with van der Waals surface area (Å²) in [7, 11) is 0. The average Bonchev–Trinajstić information content (AvgIpc) is 2.02. The molecule has 1 amide bonds. The molecule has 0 saturated carbocycles. The number of rotatable bonds is 2. The van der Waals surface area contributed by atoms with Gasteiger partial charge in [-0.25, -0.2) is 14.4 Å². The summed E-state index contributed by atoms with van der Waals surface area (Å²) < 4.78 is 11.8. The molecule has 4 nitrogen and oxygen atoms in total. The lowest BCUT2D eigenvalue weighted by Crippen LogP contribution is -2.38. The summed E-state index contributed by atoms with van der Waals surface area (Å²) in [6, 6.07) is 0. The van der Waals surface area contributed by atoms with E-state index in [1.807, 2.05) is 22.6 Å². The molecular formula is C8H9FIN3O. The average molecular weight is 309 g/mol. The van der Waals surface area contributed by atoms with Crippen LogP contribution in [0, 0.1) is 5.82 Å². The Kier molecular flexibility index (Phi) is 3.35. The SMILES string of the molecule is CC(=O)NC(C)(I)c1ncc(F)cn1. The number of nitrogens with zero attached hydrogens (tertiary/aromatic N) is 2. The third kappa shape index (κ3) is 2.86. The highest BCUT2D eigenvalue weighted by Crippen LogP contribution is 2.24. The maximum absolute atomic E-state index is 12.5. The van der Waals surface area contributed by atoms with Crippen molar-refractivity contribution in [1.29, 1.82) is 0 Å². The van der Waals surface area contributed by atoms with E-state index in [0.29, 0.717) is 5.82 Å². The molecule has 0 spiro atoms. The smallest absolute Gasteiger partial charge is 0.218 e. The third-order valence-corrected chi connectivity index (χ3v) is 2.20. The summed E-state index contributed by atoms with van der Waals surface area (Å²) in [5.41, 5.74) is 0. The normalized spacial score (nSPS) is 14.6. The van der Waals surface area contributed by atoms with Gasteiger partial charge in [-0.2, -0.15) is 0 Å². The second kappa shape index (κ2) is 4.16. The maximum Gasteiger partial charge on any atom is 0.218 e. The molecule has 14 heavy (non-hydrogen) atoms. The predicted molar refractivity (Wildman–Crippen MR) is 57.2 cm³/mol. The van der Waals surface area contributed by atoms with Crippen molar-refractivity contribution in [3.05, 3.63) is 24.0 Å². The van der Waals surface area contributed by atoms with E-state index < -0.39 is 9.36 Å². The van der Waals surface area contributed by atoms with Crippen LogP contribution in [0.1, 0.15) is 19.7 Å². The molecule has 0 aliphatic heterocycles. The molecule has 1 rings (SSSR count). The number of hydrogen-bond acceptors (Lipinski definition) is 3. The highest BCUT2D eigenvalue weighted by atomic mass is 127. The van der Waals surface area contributed by atoms with E-state index >= 15 is 0 Å². The fraction of sp³-hybridized carbons (Fsp3) is 0.375. The molecule has 1 aromatic rings. The Morgan fingerprint density at radius 3 is 2.50 bits per heavy atom. The minimum Gasteiger partial charge on any atom is -0.336 e. The molecular weight excluding hydrogens is 300 g/mol. The van der Waals surface area contributed by atoms with Gasteiger partial charge in [-0.15, -0.1) is 0 Å². The summed E-state index contributed by atoms with van der Waals surface area (Å²) >= 11 is 1.99. The molecule has 0 saturated heterocycles. The van der Waals surface area contributed by atoms with Crippen molar-refractivity contribution in [2.24, 2.45) is 0 Å². The molecule has 1 heterocycles. The van der Waals surface area contributed by atoms with Crippen LogP contribution in [-0.4, -0.2) is 15.9 Å². The Morgan fingerprint density at radius 1 is 1.57 bits per heavy atom. The lowest BCUT2D eigenvalue weighted by Gasteiger charge is -2.21. The highest BCUT2D eigenvalue weighted by molar-refractivity contribution is 14.1. The van der Waals surface area contributed by atoms with Crippen LogP contribution in [0.4, 0.5) is 4.39 Å². The van der Waals surface area contributed by atoms with E-state index in [0.717, 1.165) is 12.4 Å². The Bertz CT molecular complexity index is 339. The van der Waals surface area contributed by atoms with E-state index in [4.69, 9.17) is 0 Å². The zero-order valence-corrected chi connectivity index (χ0v) is 9.87. The summed E-state index contributed by atoms with van der Waals surface area (Å²) in [5, 5.41) is 2.66. The van der Waals surface area contributed by atoms with Crippen LogP contribution >= 0.6 is 22.6 Å². The fourth-order valence-corrected chi connectivity index (χ4v) is 1.60. The van der Waals surface area contributed by atoms with Gasteiger partial charge in [-0.3, -0.25) is 4.79 Å². The van der Waals surface area contributed by atoms with Crippen LogP contribution in [0.15, 0.2) is 12.4 Å². The molecule has 0 aromatic carbocycles. The van der Waals surface area contributed by atoms with Crippen LogP contribution in [0.2, 0.25) is 0 Å². The van der Waals surface area contributed by atoms with Crippen molar-refractivity contribution >= 4 is 28.5 Å². The summed E-state index contributed by atoms with van der Waals surface area (Å²) in [6.45, 7) is 3.14. The molecule has 1 aromatic heterocycles. The Balaban J connectivity index is 2.91. The number of hydrogen-bond donors (Lipinski definition) is 1. The van der Waals surface area contributed by atoms with Gasteiger partial charge in [-0.05, 0) is 29.5 Å². The number of alkyl halides is 1. The lowest BCUT2D eigenvalue weighted by molar-refractivity contribution is -0.119. The summed E-state index contributed by atoms with van der Waals surface area (Å²) in [6.07, 6.45) is 2.14. The van der Waals surface area contributed by atoms with E-state index in [-0.39, 0.29) is 5.91 Å². The van der Waals surface area contributed by atoms with Crippen LogP contribution in [0.5, 0.6) is 0 Å². The van der Waals surface area contributed by atoms with Gasteiger partial charge < -0.3 is 5.32 Å². The number of aromatic nitrogens is 2. The zero-order chi connectivity index (χ0) is 10.8. The number of carbonyl (C=O) groups excluding carboxylic acids is 1. The van der Waals surface area contributed by atoms with E-state index in [2.05, 4.69) is 15.3 Å². The van der Waals surface area contributed by atoms with Crippen molar-refractivity contribution < 1.29 is 9.18 Å². The van der Waals surface area contributed by atoms with Gasteiger partial charge >= 0.3 is 0 Å². The highest BCUT2D eigenvalue weighted by Gasteiger charge is 2.26. The van der Waals surface area contributed by atoms with Crippen LogP contribution < -0.4 is 5.32 Å². The predicted octanol–water partition coefficient (Wildman–Crippen LogP) is 1.36. The number of carbonyl (C=O) groups is 1. The molecule has 1 atom stereocenters. The molecule has 1 N–H and O–H groups in total. The van der Waals surface area contributed by atoms with E-state index in [9.17, 15) is 9.18 Å². The maximum atomic E-state index is 12.5. The van der Waals surface area contributed by atoms with Gasteiger partial charge in [0.15, 0.2) is 11.6 Å². The minimum absolute atomic E-state index is 0.185. The standard InChI is InChI=1S/C8H9FIN3O/c1-5(14)13-8(2,10)7-11-3-6(9)4-12-7/h3-4H,1-2H3,(H,13,14). The quantitative estimate of drug-likeness (QED) is 0.510. The largest absolute Gasteiger partial charge is 0.336 e. The minimum atomic E-state index is -0.711. The lowest BCUT2D eigenvalue weighted by atomic mass is 10.3. The molecule has 1 unspecified atom stereocenters. The molecule has 0 bridgehead atoms. The van der Waals surface area contributed by atoms with Crippen molar-refractivity contribution in [2.75, 3.05) is 0 Å². The summed E-state index contributed by atoms with van der Waals surface area (Å²) in [5.74, 6) is -0.312. The van der Waals surface area contributed by atoms with Crippen molar-refractivity contribution in [3.63, 3.8) is 0 Å². The van der Waals surface area contributed by atoms with Gasteiger partial charge in [0.25, 0.3) is 0 Å². The second-order valence-corrected chi connectivity index (χ2v) is 5.07. The number of nitrogens with one attached hydrogen (secondary N) is 1. The van der Waals surface area contributed by atoms with E-state index in [1.54, 1.807) is 6.92 Å². The number of halogens is 2. The van der Waals surface area contributed by atoms with Gasteiger partial charge in [-0.1, -0.05) is 0 Å². The molecule has 6 heteroatoms. The van der Waals surface area contributed by atoms with Gasteiger partial charge in [0.1, 0.15) is 3.55 Å². The monoisotopic (exact) mass is 309 g/mol. The fourth-order valence-electron chi connectivity index (χ4n) is 0.941. The topological polar surface area (TPSA) is 54.9 Å². The van der Waals surface area contributed by atoms with Gasteiger partial charge in [0.2, 0.25) is 5.91 Å². The zero-order valence-electron chi connectivity index (χ0n) is 7.71. The molecule has 0 radical (unpaired) electrons. The van der Waals surface area contributed by atoms with Gasteiger partial charge in [0, 0.05) is 6.92 Å². The van der Waals surface area contributed by atoms with Crippen LogP contribution in [-0.2, 0) is 8.34 Å². The van der Waals surface area contributed by atoms with Crippen LogP contribution in [0.25, 0.3) is 0 Å². The first-order valence-electron chi connectivity index (χ1n) is 3.87. The van der Waals surface area contributed by atoms with Crippen molar-refractivity contribution in [1.82, 2.24) is 15.3 Å². The molecule has 76 valence electrons. The van der Waals surface area contributed by atoms with Crippen LogP contribution in [0.3, 0.4) is 0 Å². The first kappa shape index (κ1) is 11.3. The molecule has 0 aliphatic carbocycles. The second-order valence-electron chi connectivity index (χ2n) is 2.91. The third-order valence-electron chi connectivity index (χ3n) is 1.45. The van der Waals surface area contributed by atoms with Crippen molar-refractivity contribution in [3.8, 4) is 0 Å². The summed E-state index contributed by atoms with van der Waals surface area (Å²) in [4.78, 5) is 18.4. The first-order valence-corrected chi connectivity index (χ1v) is 4.95.